The fraction of sp³-hybridized carbons (Fsp3) is 0.643. The standard InChI is InChI=1S/C14H24N4O/c1-4-18-5-6-19-12(9-18)13(16-3)11-7-10(2)8-17-14(11)15/h7-8,12-13,16H,4-6,9H2,1-3H3,(H2,15,17). The van der Waals surface area contributed by atoms with E-state index in [1.807, 2.05) is 14.0 Å². The molecule has 2 rings (SSSR count). The summed E-state index contributed by atoms with van der Waals surface area (Å²) in [7, 11) is 1.95. The van der Waals surface area contributed by atoms with E-state index in [1.54, 1.807) is 6.20 Å². The Kier molecular flexibility index (Phi) is 4.74. The van der Waals surface area contributed by atoms with Gasteiger partial charge in [-0.05, 0) is 32.1 Å². The van der Waals surface area contributed by atoms with Crippen LogP contribution in [0, 0.1) is 6.92 Å². The molecular formula is C14H24N4O. The molecule has 2 heterocycles. The Morgan fingerprint density at radius 3 is 3.11 bits per heavy atom. The summed E-state index contributed by atoms with van der Waals surface area (Å²) < 4.78 is 5.92. The molecule has 1 saturated heterocycles. The van der Waals surface area contributed by atoms with Gasteiger partial charge in [-0.15, -0.1) is 0 Å². The number of ether oxygens (including phenoxy) is 1. The fourth-order valence-electron chi connectivity index (χ4n) is 2.61. The molecule has 0 amide bonds. The van der Waals surface area contributed by atoms with Crippen LogP contribution in [0.2, 0.25) is 0 Å². The molecule has 19 heavy (non-hydrogen) atoms. The van der Waals surface area contributed by atoms with Gasteiger partial charge in [0.05, 0.1) is 18.8 Å². The van der Waals surface area contributed by atoms with Gasteiger partial charge in [0.25, 0.3) is 0 Å². The number of nitrogens with zero attached hydrogens (tertiary/aromatic N) is 2. The molecule has 5 nitrogen and oxygen atoms in total. The molecule has 106 valence electrons. The monoisotopic (exact) mass is 264 g/mol. The third kappa shape index (κ3) is 3.23. The largest absolute Gasteiger partial charge is 0.383 e. The first kappa shape index (κ1) is 14.2. The van der Waals surface area contributed by atoms with E-state index in [2.05, 4.69) is 28.2 Å². The molecule has 2 unspecified atom stereocenters. The Morgan fingerprint density at radius 2 is 2.42 bits per heavy atom. The summed E-state index contributed by atoms with van der Waals surface area (Å²) in [4.78, 5) is 6.65. The molecule has 1 fully saturated rings. The second kappa shape index (κ2) is 6.32. The average molecular weight is 264 g/mol. The molecule has 2 atom stereocenters. The van der Waals surface area contributed by atoms with Crippen LogP contribution in [0.3, 0.4) is 0 Å². The van der Waals surface area contributed by atoms with Crippen LogP contribution in [0.1, 0.15) is 24.1 Å². The number of anilines is 1. The molecule has 0 aromatic carbocycles. The van der Waals surface area contributed by atoms with Gasteiger partial charge >= 0.3 is 0 Å². The van der Waals surface area contributed by atoms with E-state index in [9.17, 15) is 0 Å². The maximum Gasteiger partial charge on any atom is 0.128 e. The highest BCUT2D eigenvalue weighted by molar-refractivity contribution is 5.43. The van der Waals surface area contributed by atoms with Crippen LogP contribution in [-0.2, 0) is 4.74 Å². The van der Waals surface area contributed by atoms with E-state index in [0.29, 0.717) is 5.82 Å². The Balaban J connectivity index is 2.21. The summed E-state index contributed by atoms with van der Waals surface area (Å²) in [6.45, 7) is 7.97. The van der Waals surface area contributed by atoms with Crippen molar-refractivity contribution in [1.82, 2.24) is 15.2 Å². The number of pyridine rings is 1. The number of hydrogen-bond acceptors (Lipinski definition) is 5. The summed E-state index contributed by atoms with van der Waals surface area (Å²) >= 11 is 0. The maximum atomic E-state index is 6.02. The zero-order valence-corrected chi connectivity index (χ0v) is 12.0. The van der Waals surface area contributed by atoms with Crippen molar-refractivity contribution in [2.24, 2.45) is 0 Å². The van der Waals surface area contributed by atoms with Gasteiger partial charge in [-0.3, -0.25) is 4.90 Å². The minimum Gasteiger partial charge on any atom is -0.383 e. The first-order chi connectivity index (χ1) is 9.15. The minimum atomic E-state index is 0.0850. The lowest BCUT2D eigenvalue weighted by Gasteiger charge is -2.36. The number of nitrogen functional groups attached to an aromatic ring is 1. The van der Waals surface area contributed by atoms with Crippen LogP contribution in [0.5, 0.6) is 0 Å². The Hall–Kier alpha value is -1.17. The number of morpholine rings is 1. The van der Waals surface area contributed by atoms with Crippen LogP contribution < -0.4 is 11.1 Å². The number of hydrogen-bond donors (Lipinski definition) is 2. The smallest absolute Gasteiger partial charge is 0.128 e. The van der Waals surface area contributed by atoms with Crippen molar-refractivity contribution in [2.75, 3.05) is 39.0 Å². The Bertz CT molecular complexity index is 424. The van der Waals surface area contributed by atoms with Crippen molar-refractivity contribution in [3.63, 3.8) is 0 Å². The minimum absolute atomic E-state index is 0.0850. The third-order valence-electron chi connectivity index (χ3n) is 3.73. The second-order valence-corrected chi connectivity index (χ2v) is 5.06. The summed E-state index contributed by atoms with van der Waals surface area (Å²) in [5.74, 6) is 0.585. The number of rotatable bonds is 4. The van der Waals surface area contributed by atoms with Crippen molar-refractivity contribution in [1.29, 1.82) is 0 Å². The van der Waals surface area contributed by atoms with Gasteiger partial charge in [0, 0.05) is 24.8 Å². The normalized spacial score (nSPS) is 22.4. The number of aryl methyl sites for hydroxylation is 1. The highest BCUT2D eigenvalue weighted by Crippen LogP contribution is 2.26. The predicted octanol–water partition coefficient (Wildman–Crippen LogP) is 0.953. The molecule has 0 spiro atoms. The zero-order chi connectivity index (χ0) is 13.8. The van der Waals surface area contributed by atoms with E-state index in [0.717, 1.165) is 37.4 Å². The number of nitrogens with two attached hydrogens (primary N) is 1. The van der Waals surface area contributed by atoms with Crippen molar-refractivity contribution < 1.29 is 4.74 Å². The van der Waals surface area contributed by atoms with E-state index < -0.39 is 0 Å². The van der Waals surface area contributed by atoms with Gasteiger partial charge in [-0.25, -0.2) is 4.98 Å². The summed E-state index contributed by atoms with van der Waals surface area (Å²) in [5, 5.41) is 3.33. The molecular weight excluding hydrogens is 240 g/mol. The molecule has 1 aromatic rings. The van der Waals surface area contributed by atoms with E-state index in [4.69, 9.17) is 10.5 Å². The summed E-state index contributed by atoms with van der Waals surface area (Å²) in [6, 6.07) is 2.18. The molecule has 0 saturated carbocycles. The van der Waals surface area contributed by atoms with Crippen molar-refractivity contribution in [3.8, 4) is 0 Å². The van der Waals surface area contributed by atoms with Gasteiger partial charge in [0.1, 0.15) is 5.82 Å². The van der Waals surface area contributed by atoms with Crippen LogP contribution in [0.15, 0.2) is 12.3 Å². The summed E-state index contributed by atoms with van der Waals surface area (Å²) in [5.41, 5.74) is 8.17. The van der Waals surface area contributed by atoms with Gasteiger partial charge in [0.2, 0.25) is 0 Å². The number of nitrogens with one attached hydrogen (secondary N) is 1. The van der Waals surface area contributed by atoms with E-state index in [1.165, 1.54) is 0 Å². The van der Waals surface area contributed by atoms with Crippen molar-refractivity contribution >= 4 is 5.82 Å². The second-order valence-electron chi connectivity index (χ2n) is 5.06. The maximum absolute atomic E-state index is 6.02. The molecule has 3 N–H and O–H groups in total. The summed E-state index contributed by atoms with van der Waals surface area (Å²) in [6.07, 6.45) is 1.91. The highest BCUT2D eigenvalue weighted by Gasteiger charge is 2.29. The fourth-order valence-corrected chi connectivity index (χ4v) is 2.61. The lowest BCUT2D eigenvalue weighted by atomic mass is 9.99. The van der Waals surface area contributed by atoms with Gasteiger partial charge in [-0.2, -0.15) is 0 Å². The lowest BCUT2D eigenvalue weighted by Crippen LogP contribution is -2.47. The quantitative estimate of drug-likeness (QED) is 0.848. The molecule has 1 aliphatic rings. The van der Waals surface area contributed by atoms with Gasteiger partial charge in [-0.1, -0.05) is 6.92 Å². The number of aromatic nitrogens is 1. The van der Waals surface area contributed by atoms with Crippen LogP contribution >= 0.6 is 0 Å². The Morgan fingerprint density at radius 1 is 1.63 bits per heavy atom. The highest BCUT2D eigenvalue weighted by atomic mass is 16.5. The van der Waals surface area contributed by atoms with E-state index >= 15 is 0 Å². The SMILES string of the molecule is CCN1CCOC(C(NC)c2cc(C)cnc2N)C1. The first-order valence-corrected chi connectivity index (χ1v) is 6.89. The van der Waals surface area contributed by atoms with E-state index in [-0.39, 0.29) is 12.1 Å². The molecule has 5 heteroatoms. The first-order valence-electron chi connectivity index (χ1n) is 6.89. The third-order valence-corrected chi connectivity index (χ3v) is 3.73. The topological polar surface area (TPSA) is 63.4 Å². The van der Waals surface area contributed by atoms with Crippen molar-refractivity contribution in [2.45, 2.75) is 26.0 Å². The Labute approximate surface area is 115 Å². The number of likely N-dealkylation sites (N-methyl/N-ethyl adjacent to an activating group) is 2. The van der Waals surface area contributed by atoms with Gasteiger partial charge < -0.3 is 15.8 Å². The zero-order valence-electron chi connectivity index (χ0n) is 12.0. The van der Waals surface area contributed by atoms with Crippen LogP contribution in [0.25, 0.3) is 0 Å². The van der Waals surface area contributed by atoms with Crippen LogP contribution in [0.4, 0.5) is 5.82 Å². The molecule has 0 aliphatic carbocycles. The van der Waals surface area contributed by atoms with Crippen molar-refractivity contribution in [3.05, 3.63) is 23.4 Å². The van der Waals surface area contributed by atoms with Gasteiger partial charge in [0.15, 0.2) is 0 Å². The molecule has 0 radical (unpaired) electrons. The predicted molar refractivity (Wildman–Crippen MR) is 77.0 cm³/mol. The molecule has 0 bridgehead atoms. The molecule has 1 aliphatic heterocycles. The van der Waals surface area contributed by atoms with Crippen LogP contribution in [-0.4, -0.2) is 49.3 Å². The molecule has 1 aromatic heterocycles. The lowest BCUT2D eigenvalue weighted by molar-refractivity contribution is -0.0443. The average Bonchev–Trinajstić information content (AvgIpc) is 2.44.